The van der Waals surface area contributed by atoms with Gasteiger partial charge < -0.3 is 14.5 Å². The van der Waals surface area contributed by atoms with Gasteiger partial charge in [0.05, 0.1) is 11.9 Å². The Morgan fingerprint density at radius 1 is 1.25 bits per heavy atom. The molecular weight excluding hydrogens is 369 g/mol. The van der Waals surface area contributed by atoms with Crippen LogP contribution in [0.3, 0.4) is 0 Å². The van der Waals surface area contributed by atoms with E-state index in [1.165, 1.54) is 0 Å². The molecule has 1 aliphatic rings. The highest BCUT2D eigenvalue weighted by atomic mass is 127. The van der Waals surface area contributed by atoms with Gasteiger partial charge >= 0.3 is 6.09 Å². The highest BCUT2D eigenvalue weighted by Crippen LogP contribution is 2.17. The Labute approximate surface area is 133 Å². The minimum Gasteiger partial charge on any atom is -0.444 e. The number of hydrogen-bond donors (Lipinski definition) is 0. The van der Waals surface area contributed by atoms with Gasteiger partial charge in [-0.2, -0.15) is 0 Å². The molecule has 1 amide bonds. The molecule has 0 bridgehead atoms. The first-order valence-electron chi connectivity index (χ1n) is 6.69. The predicted molar refractivity (Wildman–Crippen MR) is 87.0 cm³/mol. The summed E-state index contributed by atoms with van der Waals surface area (Å²) in [6.45, 7) is 8.64. The normalized spacial score (nSPS) is 16.2. The number of carbonyl (C=O) groups excluding carboxylic acids is 1. The van der Waals surface area contributed by atoms with Crippen LogP contribution in [0.5, 0.6) is 0 Å². The first-order chi connectivity index (χ1) is 9.35. The van der Waals surface area contributed by atoms with Crippen molar-refractivity contribution < 1.29 is 9.53 Å². The lowest BCUT2D eigenvalue weighted by atomic mass is 10.2. The maximum atomic E-state index is 12.0. The molecule has 0 N–H and O–H groups in total. The third kappa shape index (κ3) is 4.22. The second-order valence-corrected chi connectivity index (χ2v) is 6.90. The first-order valence-corrected chi connectivity index (χ1v) is 7.77. The van der Waals surface area contributed by atoms with Gasteiger partial charge in [0, 0.05) is 26.2 Å². The minimum absolute atomic E-state index is 0.224. The van der Waals surface area contributed by atoms with Crippen molar-refractivity contribution in [2.45, 2.75) is 26.4 Å². The first kappa shape index (κ1) is 15.3. The molecule has 2 rings (SSSR count). The highest BCUT2D eigenvalue weighted by Gasteiger charge is 2.25. The maximum absolute atomic E-state index is 12.0. The van der Waals surface area contributed by atoms with Gasteiger partial charge in [-0.05, 0) is 55.5 Å². The van der Waals surface area contributed by atoms with Crippen LogP contribution in [0, 0.1) is 3.70 Å². The summed E-state index contributed by atoms with van der Waals surface area (Å²) in [4.78, 5) is 20.3. The van der Waals surface area contributed by atoms with Crippen LogP contribution in [-0.4, -0.2) is 47.8 Å². The number of amides is 1. The second kappa shape index (κ2) is 6.15. The van der Waals surface area contributed by atoms with E-state index in [2.05, 4.69) is 38.5 Å². The van der Waals surface area contributed by atoms with Crippen molar-refractivity contribution in [2.24, 2.45) is 0 Å². The quantitative estimate of drug-likeness (QED) is 0.548. The van der Waals surface area contributed by atoms with Gasteiger partial charge in [0.2, 0.25) is 0 Å². The molecule has 6 heteroatoms. The standard InChI is InChI=1S/C14H20IN3O2/c1-14(2,3)20-13(19)18-8-6-17(7-9-18)11-4-5-12(15)16-10-11/h4-5,10H,6-9H2,1-3H3. The minimum atomic E-state index is -0.436. The third-order valence-corrected chi connectivity index (χ3v) is 3.65. The van der Waals surface area contributed by atoms with Gasteiger partial charge in [-0.15, -0.1) is 0 Å². The molecule has 1 saturated heterocycles. The van der Waals surface area contributed by atoms with Crippen molar-refractivity contribution >= 4 is 34.4 Å². The van der Waals surface area contributed by atoms with Crippen molar-refractivity contribution in [2.75, 3.05) is 31.1 Å². The van der Waals surface area contributed by atoms with E-state index in [0.717, 1.165) is 22.5 Å². The summed E-state index contributed by atoms with van der Waals surface area (Å²) in [5.74, 6) is 0. The zero-order valence-corrected chi connectivity index (χ0v) is 14.3. The Kier molecular flexibility index (Phi) is 4.72. The summed E-state index contributed by atoms with van der Waals surface area (Å²) in [5, 5.41) is 0. The molecule has 2 heterocycles. The number of halogens is 1. The summed E-state index contributed by atoms with van der Waals surface area (Å²) < 4.78 is 6.37. The van der Waals surface area contributed by atoms with Gasteiger partial charge in [0.25, 0.3) is 0 Å². The molecule has 0 saturated carbocycles. The van der Waals surface area contributed by atoms with E-state index >= 15 is 0 Å². The van der Waals surface area contributed by atoms with E-state index in [-0.39, 0.29) is 6.09 Å². The molecule has 1 aliphatic heterocycles. The molecular formula is C14H20IN3O2. The highest BCUT2D eigenvalue weighted by molar-refractivity contribution is 14.1. The van der Waals surface area contributed by atoms with Crippen molar-refractivity contribution in [3.8, 4) is 0 Å². The van der Waals surface area contributed by atoms with E-state index in [1.807, 2.05) is 33.0 Å². The van der Waals surface area contributed by atoms with E-state index in [4.69, 9.17) is 4.74 Å². The molecule has 110 valence electrons. The van der Waals surface area contributed by atoms with Crippen LogP contribution in [0.25, 0.3) is 0 Å². The molecule has 1 aromatic rings. The SMILES string of the molecule is CC(C)(C)OC(=O)N1CCN(c2ccc(I)nc2)CC1. The van der Waals surface area contributed by atoms with Crippen LogP contribution in [0.4, 0.5) is 10.5 Å². The number of hydrogen-bond acceptors (Lipinski definition) is 4. The smallest absolute Gasteiger partial charge is 0.410 e. The van der Waals surface area contributed by atoms with Crippen LogP contribution in [0.15, 0.2) is 18.3 Å². The van der Waals surface area contributed by atoms with Crippen LogP contribution in [0.2, 0.25) is 0 Å². The lowest BCUT2D eigenvalue weighted by Crippen LogP contribution is -2.50. The molecule has 1 aromatic heterocycles. The Bertz CT molecular complexity index is 462. The predicted octanol–water partition coefficient (Wildman–Crippen LogP) is 2.74. The number of anilines is 1. The van der Waals surface area contributed by atoms with Crippen LogP contribution in [0.1, 0.15) is 20.8 Å². The van der Waals surface area contributed by atoms with E-state index in [9.17, 15) is 4.79 Å². The van der Waals surface area contributed by atoms with Gasteiger partial charge in [-0.25, -0.2) is 9.78 Å². The molecule has 0 unspecified atom stereocenters. The zero-order chi connectivity index (χ0) is 14.8. The molecule has 0 atom stereocenters. The number of pyridine rings is 1. The van der Waals surface area contributed by atoms with Gasteiger partial charge in [-0.1, -0.05) is 0 Å². The van der Waals surface area contributed by atoms with Crippen LogP contribution < -0.4 is 4.90 Å². The molecule has 5 nitrogen and oxygen atoms in total. The Hall–Kier alpha value is -1.05. The lowest BCUT2D eigenvalue weighted by Gasteiger charge is -2.36. The average molecular weight is 389 g/mol. The molecule has 0 spiro atoms. The molecule has 0 aromatic carbocycles. The van der Waals surface area contributed by atoms with Crippen molar-refractivity contribution in [1.29, 1.82) is 0 Å². The Morgan fingerprint density at radius 3 is 2.40 bits per heavy atom. The largest absolute Gasteiger partial charge is 0.444 e. The van der Waals surface area contributed by atoms with Gasteiger partial charge in [-0.3, -0.25) is 0 Å². The van der Waals surface area contributed by atoms with Crippen molar-refractivity contribution in [1.82, 2.24) is 9.88 Å². The number of ether oxygens (including phenoxy) is 1. The molecule has 0 aliphatic carbocycles. The van der Waals surface area contributed by atoms with E-state index < -0.39 is 5.60 Å². The van der Waals surface area contributed by atoms with Crippen molar-refractivity contribution in [3.05, 3.63) is 22.0 Å². The Balaban J connectivity index is 1.89. The number of piperazine rings is 1. The number of rotatable bonds is 1. The van der Waals surface area contributed by atoms with E-state index in [0.29, 0.717) is 13.1 Å². The fourth-order valence-corrected chi connectivity index (χ4v) is 2.35. The summed E-state index contributed by atoms with van der Waals surface area (Å²) in [6.07, 6.45) is 1.66. The van der Waals surface area contributed by atoms with Gasteiger partial charge in [0.1, 0.15) is 9.30 Å². The average Bonchev–Trinajstić information content (AvgIpc) is 2.38. The molecule has 20 heavy (non-hydrogen) atoms. The fourth-order valence-electron chi connectivity index (χ4n) is 2.03. The summed E-state index contributed by atoms with van der Waals surface area (Å²) in [7, 11) is 0. The maximum Gasteiger partial charge on any atom is 0.410 e. The number of aromatic nitrogens is 1. The van der Waals surface area contributed by atoms with Crippen LogP contribution >= 0.6 is 22.6 Å². The third-order valence-electron chi connectivity index (χ3n) is 3.01. The zero-order valence-electron chi connectivity index (χ0n) is 12.1. The Morgan fingerprint density at radius 2 is 1.90 bits per heavy atom. The lowest BCUT2D eigenvalue weighted by molar-refractivity contribution is 0.0240. The van der Waals surface area contributed by atoms with Gasteiger partial charge in [0.15, 0.2) is 0 Å². The van der Waals surface area contributed by atoms with Crippen molar-refractivity contribution in [3.63, 3.8) is 0 Å². The summed E-state index contributed by atoms with van der Waals surface area (Å²) >= 11 is 2.19. The number of nitrogens with zero attached hydrogens (tertiary/aromatic N) is 3. The molecule has 1 fully saturated rings. The second-order valence-electron chi connectivity index (χ2n) is 5.79. The number of carbonyl (C=O) groups is 1. The van der Waals surface area contributed by atoms with Crippen LogP contribution in [-0.2, 0) is 4.74 Å². The molecule has 0 radical (unpaired) electrons. The van der Waals surface area contributed by atoms with E-state index in [1.54, 1.807) is 4.90 Å². The summed E-state index contributed by atoms with van der Waals surface area (Å²) in [5.41, 5.74) is 0.670. The topological polar surface area (TPSA) is 45.7 Å². The monoisotopic (exact) mass is 389 g/mol. The fraction of sp³-hybridized carbons (Fsp3) is 0.571. The summed E-state index contributed by atoms with van der Waals surface area (Å²) in [6, 6.07) is 4.06.